The first-order valence-corrected chi connectivity index (χ1v) is 46.5. The Kier molecular flexibility index (Phi) is 45.8. The molecule has 0 atom stereocenters. The van der Waals surface area contributed by atoms with Gasteiger partial charge in [-0.3, -0.25) is 0 Å². The molecule has 6 N–H and O–H groups in total. The van der Waals surface area contributed by atoms with Crippen molar-refractivity contribution in [3.8, 4) is 34.5 Å². The molecule has 0 aliphatic rings. The van der Waals surface area contributed by atoms with Crippen LogP contribution in [0, 0.1) is 99.4 Å². The minimum absolute atomic E-state index is 0.222. The predicted octanol–water partition coefficient (Wildman–Crippen LogP) is 28.5. The smallest absolute Gasteiger partial charge is 0.260 e. The third kappa shape index (κ3) is 37.6. The Morgan fingerprint density at radius 1 is 0.301 bits per heavy atom. The largest absolute Gasteiger partial charge is 0.489 e. The molecular formula is C105H114BrClFIN6O12S6. The number of aryl methyl sites for hydroxylation is 13. The molecule has 0 aliphatic carbocycles. The quantitative estimate of drug-likeness (QED) is 0.0234. The number of thiocarbonyl (C=S) groups is 6. The molecule has 0 saturated heterocycles. The molecule has 12 aromatic rings. The molecule has 0 unspecified atom stereocenters. The molecule has 18 nitrogen and oxygen atoms in total. The molecule has 0 aromatic heterocycles. The molecule has 12 rings (SSSR count). The molecule has 0 fully saturated rings. The summed E-state index contributed by atoms with van der Waals surface area (Å²) in [5, 5.41) is 20.7. The zero-order valence-electron chi connectivity index (χ0n) is 78.2. The third-order valence-corrected chi connectivity index (χ3v) is 22.7. The van der Waals surface area contributed by atoms with Crippen LogP contribution < -0.4 is 60.3 Å². The van der Waals surface area contributed by atoms with Crippen LogP contribution in [-0.4, -0.2) is 73.7 Å². The summed E-state index contributed by atoms with van der Waals surface area (Å²) in [4.78, 5) is 0. The molecule has 0 spiro atoms. The number of hydrogen-bond acceptors (Lipinski definition) is 18. The lowest BCUT2D eigenvalue weighted by atomic mass is 10.1. The summed E-state index contributed by atoms with van der Waals surface area (Å²) in [6.07, 6.45) is 1.80. The van der Waals surface area contributed by atoms with Gasteiger partial charge in [-0.1, -0.05) is 170 Å². The van der Waals surface area contributed by atoms with Gasteiger partial charge in [0.2, 0.25) is 0 Å². The summed E-state index contributed by atoms with van der Waals surface area (Å²) in [5.41, 5.74) is 26.8. The van der Waals surface area contributed by atoms with Crippen molar-refractivity contribution in [1.82, 2.24) is 0 Å². The average Bonchev–Trinajstić information content (AvgIpc) is 0.859. The van der Waals surface area contributed by atoms with E-state index >= 15 is 0 Å². The van der Waals surface area contributed by atoms with E-state index in [9.17, 15) is 4.39 Å². The highest BCUT2D eigenvalue weighted by Gasteiger charge is 2.17. The highest BCUT2D eigenvalue weighted by molar-refractivity contribution is 14.1. The fourth-order valence-electron chi connectivity index (χ4n) is 12.8. The number of methoxy groups -OCH3 is 6. The Labute approximate surface area is 842 Å². The van der Waals surface area contributed by atoms with E-state index in [2.05, 4.69) is 187 Å². The van der Waals surface area contributed by atoms with E-state index in [1.807, 2.05) is 174 Å². The maximum atomic E-state index is 13.5. The van der Waals surface area contributed by atoms with Gasteiger partial charge in [0.05, 0.1) is 42.7 Å². The van der Waals surface area contributed by atoms with E-state index < -0.39 is 0 Å². The first-order valence-electron chi connectivity index (χ1n) is 41.8. The van der Waals surface area contributed by atoms with Crippen molar-refractivity contribution in [2.45, 2.75) is 130 Å². The van der Waals surface area contributed by atoms with Crippen LogP contribution in [0.25, 0.3) is 6.08 Å². The van der Waals surface area contributed by atoms with Crippen molar-refractivity contribution in [3.63, 3.8) is 0 Å². The van der Waals surface area contributed by atoms with Gasteiger partial charge in [-0.15, -0.1) is 0 Å². The summed E-state index contributed by atoms with van der Waals surface area (Å²) < 4.78 is 81.1. The van der Waals surface area contributed by atoms with E-state index in [4.69, 9.17) is 142 Å². The van der Waals surface area contributed by atoms with Crippen LogP contribution in [0.1, 0.15) is 111 Å². The van der Waals surface area contributed by atoms with E-state index in [-0.39, 0.29) is 17.6 Å². The van der Waals surface area contributed by atoms with Crippen LogP contribution in [0.2, 0.25) is 5.02 Å². The first kappa shape index (κ1) is 109. The van der Waals surface area contributed by atoms with E-state index in [1.165, 1.54) is 65.3 Å². The first-order chi connectivity index (χ1) is 63.5. The van der Waals surface area contributed by atoms with Gasteiger partial charge in [-0.2, -0.15) is 0 Å². The second kappa shape index (κ2) is 56.1. The molecule has 0 heterocycles. The van der Waals surface area contributed by atoms with Crippen LogP contribution in [0.5, 0.6) is 34.5 Å². The Bertz CT molecular complexity index is 5340. The van der Waals surface area contributed by atoms with E-state index in [0.717, 1.165) is 138 Å². The summed E-state index contributed by atoms with van der Waals surface area (Å²) in [5.74, 6) is 4.84. The summed E-state index contributed by atoms with van der Waals surface area (Å²) >= 11 is 42.1. The maximum absolute atomic E-state index is 13.5. The van der Waals surface area contributed by atoms with Crippen molar-refractivity contribution < 1.29 is 61.2 Å². The summed E-state index contributed by atoms with van der Waals surface area (Å²) in [6.45, 7) is 32.9. The molecule has 0 saturated carbocycles. The van der Waals surface area contributed by atoms with Crippen molar-refractivity contribution in [2.24, 2.45) is 0 Å². The standard InChI is InChI=1S/C19H21NO2S.C18H21NO2S.C17H18BrNO2S.C17H18ClNO2S.C17H18FNO2S.C17H18INO2S/c1-5-15-7-8-17(20-19(23)21-4)16(11-15)12-22-18-9-6-13(2)10-14(18)3;1-12-6-8-17(14(3)9-12)21-11-15-10-13(2)5-7-16(15)19-18(22)20-4;4*1-11-4-7-16(12(2)8-11)21-10-13-9-14(18)5-6-15(13)19-17(22)20-3/h5-11H,1,12H2,2-4H3,(H,20,23);5-10H,11H2,1-4H3,(H,19,22);4*4-9H,10H2,1-3H3,(H,19,22). The van der Waals surface area contributed by atoms with Crippen molar-refractivity contribution >= 4 is 195 Å². The Hall–Kier alpha value is -11.3. The monoisotopic (exact) mass is 2100 g/mol. The number of halogens is 4. The molecular weight excluding hydrogens is 1990 g/mol. The van der Waals surface area contributed by atoms with Gasteiger partial charge in [-0.25, -0.2) is 4.39 Å². The Morgan fingerprint density at radius 3 is 0.835 bits per heavy atom. The van der Waals surface area contributed by atoms with Crippen LogP contribution >= 0.6 is 123 Å². The van der Waals surface area contributed by atoms with Crippen molar-refractivity contribution in [3.05, 3.63) is 355 Å². The fraction of sp³-hybridized carbons (Fsp3) is 0.238. The molecule has 0 bridgehead atoms. The SMILES string of the molecule is C=Cc1ccc(NC(=S)OC)c(COc2ccc(C)cc2C)c1.COC(=S)Nc1ccc(Br)cc1COc1ccc(C)cc1C.COC(=S)Nc1ccc(C)cc1COc1ccc(C)cc1C.COC(=S)Nc1ccc(Cl)cc1COc1ccc(C)cc1C.COC(=S)Nc1ccc(F)cc1COc1ccc(C)cc1C.COC(=S)Nc1ccc(I)cc1COc1ccc(C)cc1C. The molecule has 0 aliphatic heterocycles. The lowest BCUT2D eigenvalue weighted by molar-refractivity contribution is 0.304. The third-order valence-electron chi connectivity index (χ3n) is 19.7. The van der Waals surface area contributed by atoms with Gasteiger partial charge in [0.15, 0.2) is 0 Å². The Morgan fingerprint density at radius 2 is 0.534 bits per heavy atom. The minimum Gasteiger partial charge on any atom is -0.489 e. The minimum atomic E-state index is -0.326. The fourth-order valence-corrected chi connectivity index (χ4v) is 14.6. The van der Waals surface area contributed by atoms with E-state index in [1.54, 1.807) is 46.6 Å². The van der Waals surface area contributed by atoms with Crippen LogP contribution in [0.3, 0.4) is 0 Å². The lowest BCUT2D eigenvalue weighted by Crippen LogP contribution is -2.13. The van der Waals surface area contributed by atoms with E-state index in [0.29, 0.717) is 75.2 Å². The topological polar surface area (TPSA) is 183 Å². The van der Waals surface area contributed by atoms with Gasteiger partial charge in [0.25, 0.3) is 31.0 Å². The number of nitrogens with one attached hydrogen (secondary N) is 6. The number of hydrogen-bond donors (Lipinski definition) is 6. The summed E-state index contributed by atoms with van der Waals surface area (Å²) in [7, 11) is 9.18. The van der Waals surface area contributed by atoms with Crippen molar-refractivity contribution in [2.75, 3.05) is 74.6 Å². The highest BCUT2D eigenvalue weighted by atomic mass is 127. The van der Waals surface area contributed by atoms with Crippen LogP contribution in [0.4, 0.5) is 38.5 Å². The van der Waals surface area contributed by atoms with Gasteiger partial charge in [-0.05, 0) is 352 Å². The van der Waals surface area contributed by atoms with Crippen LogP contribution in [0.15, 0.2) is 229 Å². The van der Waals surface area contributed by atoms with Gasteiger partial charge in [0, 0.05) is 80.6 Å². The zero-order chi connectivity index (χ0) is 97.4. The lowest BCUT2D eigenvalue weighted by Gasteiger charge is -2.15. The van der Waals surface area contributed by atoms with Crippen molar-refractivity contribution in [1.29, 1.82) is 0 Å². The molecule has 12 aromatic carbocycles. The number of ether oxygens (including phenoxy) is 12. The predicted molar refractivity (Wildman–Crippen MR) is 580 cm³/mol. The summed E-state index contributed by atoms with van der Waals surface area (Å²) in [6, 6.07) is 70.6. The second-order valence-corrected chi connectivity index (χ2v) is 35.4. The van der Waals surface area contributed by atoms with Crippen LogP contribution in [-0.2, 0) is 68.1 Å². The average molecular weight is 2110 g/mol. The normalized spacial score (nSPS) is 10.2. The maximum Gasteiger partial charge on any atom is 0.260 e. The number of anilines is 6. The second-order valence-electron chi connectivity index (χ2n) is 30.5. The number of benzene rings is 12. The Balaban J connectivity index is 0.000000218. The molecule has 28 heteroatoms. The highest BCUT2D eigenvalue weighted by Crippen LogP contribution is 2.33. The molecule has 0 amide bonds. The molecule has 133 heavy (non-hydrogen) atoms. The molecule has 0 radical (unpaired) electrons. The zero-order valence-corrected chi connectivity index (χ0v) is 87.6. The van der Waals surface area contributed by atoms with Gasteiger partial charge in [0.1, 0.15) is 80.0 Å². The van der Waals surface area contributed by atoms with Gasteiger partial charge < -0.3 is 88.7 Å². The molecule has 700 valence electrons. The van der Waals surface area contributed by atoms with Gasteiger partial charge >= 0.3 is 0 Å². The number of rotatable bonds is 25.